The molecule has 36 heavy (non-hydrogen) atoms. The summed E-state index contributed by atoms with van der Waals surface area (Å²) >= 11 is 0. The van der Waals surface area contributed by atoms with E-state index >= 15 is 0 Å². The van der Waals surface area contributed by atoms with Crippen LogP contribution in [0.25, 0.3) is 0 Å². The predicted octanol–water partition coefficient (Wildman–Crippen LogP) is 6.61. The number of hydrogen-bond donors (Lipinski definition) is 2. The summed E-state index contributed by atoms with van der Waals surface area (Å²) in [5.74, 6) is 2.47. The molecule has 0 saturated heterocycles. The summed E-state index contributed by atoms with van der Waals surface area (Å²) in [6, 6.07) is 31.8. The molecule has 2 amide bonds. The van der Waals surface area contributed by atoms with Gasteiger partial charge in [-0.25, -0.2) is 9.59 Å². The fourth-order valence-corrected chi connectivity index (χ4v) is 2.83. The first-order chi connectivity index (χ1) is 17.6. The number of carbonyl (C=O) groups is 2. The molecule has 184 valence electrons. The van der Waals surface area contributed by atoms with E-state index in [1.54, 1.807) is 111 Å². The molecule has 0 spiro atoms. The Morgan fingerprint density at radius 3 is 1.11 bits per heavy atom. The van der Waals surface area contributed by atoms with Crippen molar-refractivity contribution in [2.24, 2.45) is 0 Å². The van der Waals surface area contributed by atoms with Crippen molar-refractivity contribution < 1.29 is 28.5 Å². The molecule has 0 atom stereocenters. The maximum Gasteiger partial charge on any atom is 0.417 e. The highest BCUT2D eigenvalue weighted by molar-refractivity contribution is 5.86. The summed E-state index contributed by atoms with van der Waals surface area (Å²) < 4.78 is 20.2. The van der Waals surface area contributed by atoms with Crippen LogP contribution < -0.4 is 29.6 Å². The SMILES string of the molecule is COc1ccc(NC(=O)Oc2ccccc2)cc1.COc1ccc(NC(=O)Oc2ccccc2)cc1. The number of hydrogen-bond acceptors (Lipinski definition) is 6. The van der Waals surface area contributed by atoms with E-state index in [1.165, 1.54) is 0 Å². The van der Waals surface area contributed by atoms with Gasteiger partial charge in [0, 0.05) is 11.4 Å². The van der Waals surface area contributed by atoms with E-state index in [0.717, 1.165) is 11.5 Å². The van der Waals surface area contributed by atoms with E-state index in [2.05, 4.69) is 10.6 Å². The molecule has 4 aromatic rings. The smallest absolute Gasteiger partial charge is 0.417 e. The summed E-state index contributed by atoms with van der Waals surface area (Å²) in [5, 5.41) is 5.25. The van der Waals surface area contributed by atoms with E-state index < -0.39 is 12.2 Å². The molecule has 0 radical (unpaired) electrons. The van der Waals surface area contributed by atoms with Gasteiger partial charge in [0.15, 0.2) is 0 Å². The van der Waals surface area contributed by atoms with E-state index in [4.69, 9.17) is 18.9 Å². The van der Waals surface area contributed by atoms with Crippen LogP contribution >= 0.6 is 0 Å². The van der Waals surface area contributed by atoms with Gasteiger partial charge in [0.05, 0.1) is 14.2 Å². The lowest BCUT2D eigenvalue weighted by molar-refractivity contribution is 0.214. The van der Waals surface area contributed by atoms with Gasteiger partial charge in [0.1, 0.15) is 23.0 Å². The Morgan fingerprint density at radius 2 is 0.806 bits per heavy atom. The Balaban J connectivity index is 0.000000201. The third-order valence-corrected chi connectivity index (χ3v) is 4.58. The number of ether oxygens (including phenoxy) is 4. The molecular formula is C28H26N2O6. The minimum Gasteiger partial charge on any atom is -0.497 e. The lowest BCUT2D eigenvalue weighted by atomic mass is 10.3. The number of para-hydroxylation sites is 2. The van der Waals surface area contributed by atoms with Crippen LogP contribution in [0.4, 0.5) is 21.0 Å². The fraction of sp³-hybridized carbons (Fsp3) is 0.0714. The number of carbonyl (C=O) groups excluding carboxylic acids is 2. The summed E-state index contributed by atoms with van der Waals surface area (Å²) in [5.41, 5.74) is 1.30. The highest BCUT2D eigenvalue weighted by Gasteiger charge is 2.05. The Kier molecular flexibility index (Phi) is 9.73. The van der Waals surface area contributed by atoms with Gasteiger partial charge in [0.2, 0.25) is 0 Å². The fourth-order valence-electron chi connectivity index (χ4n) is 2.83. The van der Waals surface area contributed by atoms with Gasteiger partial charge >= 0.3 is 12.2 Å². The van der Waals surface area contributed by atoms with E-state index in [1.807, 2.05) is 12.1 Å². The van der Waals surface area contributed by atoms with Crippen LogP contribution in [-0.2, 0) is 0 Å². The van der Waals surface area contributed by atoms with Crippen molar-refractivity contribution in [3.8, 4) is 23.0 Å². The van der Waals surface area contributed by atoms with Crippen molar-refractivity contribution in [1.29, 1.82) is 0 Å². The Bertz CT molecular complexity index is 1120. The molecular weight excluding hydrogens is 460 g/mol. The Labute approximate surface area is 209 Å². The van der Waals surface area contributed by atoms with Crippen LogP contribution in [0.3, 0.4) is 0 Å². The molecule has 0 aliphatic heterocycles. The van der Waals surface area contributed by atoms with Crippen LogP contribution in [-0.4, -0.2) is 26.4 Å². The normalized spacial score (nSPS) is 9.61. The van der Waals surface area contributed by atoms with Gasteiger partial charge in [-0.05, 0) is 72.8 Å². The Hall–Kier alpha value is -4.98. The third kappa shape index (κ3) is 8.75. The van der Waals surface area contributed by atoms with Crippen molar-refractivity contribution >= 4 is 23.6 Å². The minimum absolute atomic E-state index is 0.503. The van der Waals surface area contributed by atoms with Crippen LogP contribution in [0.2, 0.25) is 0 Å². The van der Waals surface area contributed by atoms with E-state index in [0.29, 0.717) is 22.9 Å². The van der Waals surface area contributed by atoms with Crippen LogP contribution in [0.5, 0.6) is 23.0 Å². The minimum atomic E-state index is -0.522. The number of anilines is 2. The second-order valence-corrected chi connectivity index (χ2v) is 7.11. The number of amides is 2. The number of benzene rings is 4. The van der Waals surface area contributed by atoms with Crippen molar-refractivity contribution in [2.75, 3.05) is 24.9 Å². The van der Waals surface area contributed by atoms with Crippen molar-refractivity contribution in [3.63, 3.8) is 0 Å². The predicted molar refractivity (Wildman–Crippen MR) is 138 cm³/mol. The average molecular weight is 487 g/mol. The molecule has 8 heteroatoms. The molecule has 4 aromatic carbocycles. The molecule has 4 rings (SSSR count). The zero-order valence-electron chi connectivity index (χ0n) is 19.8. The molecule has 2 N–H and O–H groups in total. The van der Waals surface area contributed by atoms with Gasteiger partial charge in [-0.2, -0.15) is 0 Å². The van der Waals surface area contributed by atoms with Gasteiger partial charge in [-0.3, -0.25) is 10.6 Å². The summed E-state index contributed by atoms with van der Waals surface area (Å²) in [4.78, 5) is 23.1. The molecule has 0 aromatic heterocycles. The van der Waals surface area contributed by atoms with Gasteiger partial charge in [-0.1, -0.05) is 36.4 Å². The number of methoxy groups -OCH3 is 2. The number of nitrogens with one attached hydrogen (secondary N) is 2. The molecule has 0 unspecified atom stereocenters. The van der Waals surface area contributed by atoms with Gasteiger partial charge < -0.3 is 18.9 Å². The second-order valence-electron chi connectivity index (χ2n) is 7.11. The quantitative estimate of drug-likeness (QED) is 0.318. The lowest BCUT2D eigenvalue weighted by Gasteiger charge is -2.07. The van der Waals surface area contributed by atoms with Crippen molar-refractivity contribution in [3.05, 3.63) is 109 Å². The van der Waals surface area contributed by atoms with Crippen LogP contribution in [0, 0.1) is 0 Å². The third-order valence-electron chi connectivity index (χ3n) is 4.58. The van der Waals surface area contributed by atoms with Crippen molar-refractivity contribution in [1.82, 2.24) is 0 Å². The van der Waals surface area contributed by atoms with Gasteiger partial charge in [-0.15, -0.1) is 0 Å². The van der Waals surface area contributed by atoms with E-state index in [9.17, 15) is 9.59 Å². The topological polar surface area (TPSA) is 95.1 Å². The second kappa shape index (κ2) is 13.7. The Morgan fingerprint density at radius 1 is 0.472 bits per heavy atom. The lowest BCUT2D eigenvalue weighted by Crippen LogP contribution is -2.16. The van der Waals surface area contributed by atoms with Crippen LogP contribution in [0.15, 0.2) is 109 Å². The molecule has 8 nitrogen and oxygen atoms in total. The maximum atomic E-state index is 11.6. The average Bonchev–Trinajstić information content (AvgIpc) is 2.91. The van der Waals surface area contributed by atoms with Crippen molar-refractivity contribution in [2.45, 2.75) is 0 Å². The molecule has 0 aliphatic rings. The van der Waals surface area contributed by atoms with Crippen LogP contribution in [0.1, 0.15) is 0 Å². The van der Waals surface area contributed by atoms with E-state index in [-0.39, 0.29) is 0 Å². The molecule has 0 bridgehead atoms. The zero-order valence-corrected chi connectivity index (χ0v) is 19.8. The maximum absolute atomic E-state index is 11.6. The highest BCUT2D eigenvalue weighted by Crippen LogP contribution is 2.17. The molecule has 0 aliphatic carbocycles. The summed E-state index contributed by atoms with van der Waals surface area (Å²) in [6.07, 6.45) is -1.04. The van der Waals surface area contributed by atoms with Gasteiger partial charge in [0.25, 0.3) is 0 Å². The first-order valence-electron chi connectivity index (χ1n) is 10.9. The summed E-state index contributed by atoms with van der Waals surface area (Å²) in [7, 11) is 3.18. The number of rotatable bonds is 6. The summed E-state index contributed by atoms with van der Waals surface area (Å²) in [6.45, 7) is 0. The standard InChI is InChI=1S/2C14H13NO3/c2*1-17-12-9-7-11(8-10-12)15-14(16)18-13-5-3-2-4-6-13/h2*2-10H,1H3,(H,15,16). The zero-order chi connectivity index (χ0) is 25.6. The largest absolute Gasteiger partial charge is 0.497 e. The first-order valence-corrected chi connectivity index (χ1v) is 10.9. The molecule has 0 saturated carbocycles. The highest BCUT2D eigenvalue weighted by atomic mass is 16.6. The molecule has 0 heterocycles. The monoisotopic (exact) mass is 486 g/mol. The first kappa shape index (κ1) is 25.6. The molecule has 0 fully saturated rings.